The van der Waals surface area contributed by atoms with Crippen LogP contribution in [-0.2, 0) is 28.9 Å². The monoisotopic (exact) mass is 420 g/mol. The first-order valence-electron chi connectivity index (χ1n) is 9.57. The number of rotatable bonds is 2. The molecule has 2 saturated heterocycles. The normalized spacial score (nSPS) is 29.2. The first-order valence-corrected chi connectivity index (χ1v) is 11.2. The maximum Gasteiger partial charge on any atom is 0.328 e. The van der Waals surface area contributed by atoms with E-state index >= 15 is 0 Å². The van der Waals surface area contributed by atoms with Crippen molar-refractivity contribution in [2.24, 2.45) is 11.3 Å². The number of carbonyl (C=O) groups is 2. The van der Waals surface area contributed by atoms with Gasteiger partial charge in [0.2, 0.25) is 0 Å². The van der Waals surface area contributed by atoms with Crippen molar-refractivity contribution in [2.45, 2.75) is 45.3 Å². The summed E-state index contributed by atoms with van der Waals surface area (Å²) in [5.41, 5.74) is -0.437. The molecule has 3 aliphatic rings. The second-order valence-corrected chi connectivity index (χ2v) is 10.4. The van der Waals surface area contributed by atoms with Gasteiger partial charge in [0, 0.05) is 30.6 Å². The number of hydrogen-bond donors (Lipinski definition) is 0. The minimum absolute atomic E-state index is 0.102. The third kappa shape index (κ3) is 2.72. The first-order chi connectivity index (χ1) is 13.5. The van der Waals surface area contributed by atoms with Gasteiger partial charge >= 0.3 is 11.9 Å². The van der Waals surface area contributed by atoms with Gasteiger partial charge in [-0.1, -0.05) is 23.8 Å². The van der Waals surface area contributed by atoms with Crippen LogP contribution in [0.1, 0.15) is 45.1 Å². The lowest BCUT2D eigenvalue weighted by atomic mass is 9.57. The minimum atomic E-state index is -3.54. The third-order valence-corrected chi connectivity index (χ3v) is 8.30. The van der Waals surface area contributed by atoms with Gasteiger partial charge in [-0.25, -0.2) is 8.42 Å². The number of carbonyl (C=O) groups excluding carboxylic acids is 2. The van der Waals surface area contributed by atoms with Gasteiger partial charge in [0.25, 0.3) is 5.79 Å². The van der Waals surface area contributed by atoms with Crippen molar-refractivity contribution in [3.8, 4) is 5.75 Å². The molecule has 7 nitrogen and oxygen atoms in total. The number of cyclic esters (lactones) is 2. The molecule has 2 fully saturated rings. The van der Waals surface area contributed by atoms with E-state index in [2.05, 4.69) is 0 Å². The SMILES string of the molecule is COc1ccccc1[C@H]1CC(C)=C2[C@H](CCS2(=O)=O)C12C(=O)OC(C)(C)OC2=O. The third-order valence-electron chi connectivity index (χ3n) is 6.22. The highest BCUT2D eigenvalue weighted by atomic mass is 32.2. The van der Waals surface area contributed by atoms with Crippen molar-refractivity contribution in [3.05, 3.63) is 40.3 Å². The molecule has 0 saturated carbocycles. The molecular weight excluding hydrogens is 396 g/mol. The van der Waals surface area contributed by atoms with E-state index in [-0.39, 0.29) is 23.5 Å². The molecule has 4 rings (SSSR count). The quantitative estimate of drug-likeness (QED) is 0.536. The van der Waals surface area contributed by atoms with Gasteiger partial charge in [-0.05, 0) is 31.4 Å². The zero-order chi connectivity index (χ0) is 21.2. The standard InChI is InChI=1S/C21H24O7S/c1-12-11-15(13-7-5-6-8-16(13)26-4)21(14-9-10-29(24,25)17(12)14)18(22)27-20(2,3)28-19(21)23/h5-8,14-15H,9-11H2,1-4H3/t14-,15+/m0/s1. The Labute approximate surface area is 169 Å². The molecule has 1 spiro atoms. The van der Waals surface area contributed by atoms with Crippen molar-refractivity contribution in [2.75, 3.05) is 12.9 Å². The summed E-state index contributed by atoms with van der Waals surface area (Å²) in [5, 5.41) is 0. The second-order valence-electron chi connectivity index (χ2n) is 8.35. The Kier molecular flexibility index (Phi) is 4.35. The number of benzene rings is 1. The van der Waals surface area contributed by atoms with E-state index in [1.165, 1.54) is 21.0 Å². The van der Waals surface area contributed by atoms with Crippen LogP contribution in [0.2, 0.25) is 0 Å². The average Bonchev–Trinajstić information content (AvgIpc) is 2.96. The molecule has 0 bridgehead atoms. The largest absolute Gasteiger partial charge is 0.496 e. The van der Waals surface area contributed by atoms with Crippen LogP contribution in [0.5, 0.6) is 5.75 Å². The molecule has 1 aromatic rings. The topological polar surface area (TPSA) is 96.0 Å². The molecule has 2 heterocycles. The summed E-state index contributed by atoms with van der Waals surface area (Å²) in [5.74, 6) is -3.92. The highest BCUT2D eigenvalue weighted by Gasteiger charge is 2.69. The molecule has 0 unspecified atom stereocenters. The Balaban J connectivity index is 2.00. The Morgan fingerprint density at radius 3 is 2.31 bits per heavy atom. The smallest absolute Gasteiger partial charge is 0.328 e. The number of para-hydroxylation sites is 1. The lowest BCUT2D eigenvalue weighted by Crippen LogP contribution is -2.61. The van der Waals surface area contributed by atoms with Crippen LogP contribution in [-0.4, -0.2) is 39.0 Å². The van der Waals surface area contributed by atoms with Crippen LogP contribution in [0.3, 0.4) is 0 Å². The zero-order valence-corrected chi connectivity index (χ0v) is 17.7. The molecule has 29 heavy (non-hydrogen) atoms. The van der Waals surface area contributed by atoms with E-state index in [4.69, 9.17) is 14.2 Å². The number of sulfone groups is 1. The van der Waals surface area contributed by atoms with E-state index in [1.54, 1.807) is 31.2 Å². The van der Waals surface area contributed by atoms with Gasteiger partial charge in [0.15, 0.2) is 15.3 Å². The molecule has 2 aliphatic heterocycles. The second kappa shape index (κ2) is 6.32. The Morgan fingerprint density at radius 1 is 1.07 bits per heavy atom. The van der Waals surface area contributed by atoms with E-state index in [0.717, 1.165) is 0 Å². The Bertz CT molecular complexity index is 1010. The number of esters is 2. The van der Waals surface area contributed by atoms with Crippen molar-refractivity contribution < 1.29 is 32.2 Å². The summed E-state index contributed by atoms with van der Waals surface area (Å²) in [6.45, 7) is 4.73. The maximum absolute atomic E-state index is 13.5. The van der Waals surface area contributed by atoms with Crippen LogP contribution < -0.4 is 4.74 Å². The van der Waals surface area contributed by atoms with E-state index < -0.39 is 44.8 Å². The van der Waals surface area contributed by atoms with Gasteiger partial charge in [0.1, 0.15) is 5.75 Å². The van der Waals surface area contributed by atoms with Crippen LogP contribution >= 0.6 is 0 Å². The summed E-state index contributed by atoms with van der Waals surface area (Å²) < 4.78 is 42.1. The van der Waals surface area contributed by atoms with Crippen molar-refractivity contribution in [1.29, 1.82) is 0 Å². The Morgan fingerprint density at radius 2 is 1.69 bits per heavy atom. The fourth-order valence-corrected chi connectivity index (χ4v) is 7.25. The number of fused-ring (bicyclic) bond motifs is 2. The van der Waals surface area contributed by atoms with Gasteiger partial charge in [-0.15, -0.1) is 0 Å². The minimum Gasteiger partial charge on any atom is -0.496 e. The number of allylic oxidation sites excluding steroid dienone is 2. The fourth-order valence-electron chi connectivity index (χ4n) is 5.14. The van der Waals surface area contributed by atoms with Gasteiger partial charge in [-0.2, -0.15) is 0 Å². The fraction of sp³-hybridized carbons (Fsp3) is 0.524. The summed E-state index contributed by atoms with van der Waals surface area (Å²) >= 11 is 0. The predicted molar refractivity (Wildman–Crippen MR) is 104 cm³/mol. The molecule has 0 amide bonds. The van der Waals surface area contributed by atoms with Gasteiger partial charge < -0.3 is 14.2 Å². The maximum atomic E-state index is 13.5. The van der Waals surface area contributed by atoms with Gasteiger partial charge in [0.05, 0.1) is 12.9 Å². The number of methoxy groups -OCH3 is 1. The van der Waals surface area contributed by atoms with Crippen molar-refractivity contribution in [1.82, 2.24) is 0 Å². The van der Waals surface area contributed by atoms with Gasteiger partial charge in [-0.3, -0.25) is 9.59 Å². The first kappa shape index (κ1) is 19.9. The van der Waals surface area contributed by atoms with E-state index in [1.807, 2.05) is 0 Å². The van der Waals surface area contributed by atoms with Crippen LogP contribution in [0, 0.1) is 11.3 Å². The Hall–Kier alpha value is -2.35. The van der Waals surface area contributed by atoms with E-state index in [9.17, 15) is 18.0 Å². The summed E-state index contributed by atoms with van der Waals surface area (Å²) in [4.78, 5) is 27.1. The molecule has 8 heteroatoms. The van der Waals surface area contributed by atoms with Crippen LogP contribution in [0.4, 0.5) is 0 Å². The predicted octanol–water partition coefficient (Wildman–Crippen LogP) is 2.71. The lowest BCUT2D eigenvalue weighted by Gasteiger charge is -2.49. The molecule has 0 radical (unpaired) electrons. The summed E-state index contributed by atoms with van der Waals surface area (Å²) in [6.07, 6.45) is 0.390. The average molecular weight is 420 g/mol. The molecule has 2 atom stereocenters. The number of ether oxygens (including phenoxy) is 3. The highest BCUT2D eigenvalue weighted by Crippen LogP contribution is 2.61. The highest BCUT2D eigenvalue weighted by molar-refractivity contribution is 7.95. The number of hydrogen-bond acceptors (Lipinski definition) is 7. The molecule has 0 N–H and O–H groups in total. The lowest BCUT2D eigenvalue weighted by molar-refractivity contribution is -0.257. The molecule has 156 valence electrons. The molecule has 1 aliphatic carbocycles. The van der Waals surface area contributed by atoms with Crippen molar-refractivity contribution >= 4 is 21.8 Å². The zero-order valence-electron chi connectivity index (χ0n) is 16.9. The molecule has 0 aromatic heterocycles. The van der Waals surface area contributed by atoms with E-state index in [0.29, 0.717) is 16.9 Å². The van der Waals surface area contributed by atoms with Crippen LogP contribution in [0.15, 0.2) is 34.7 Å². The molecular formula is C21H24O7S. The summed E-state index contributed by atoms with van der Waals surface area (Å²) in [6, 6.07) is 7.15. The van der Waals surface area contributed by atoms with Crippen molar-refractivity contribution in [3.63, 3.8) is 0 Å². The molecule has 1 aromatic carbocycles. The summed E-state index contributed by atoms with van der Waals surface area (Å²) in [7, 11) is -2.02. The van der Waals surface area contributed by atoms with Crippen LogP contribution in [0.25, 0.3) is 0 Å².